The maximum Gasteiger partial charge on any atom is 0.0421 e. The van der Waals surface area contributed by atoms with Crippen LogP contribution < -0.4 is 16.8 Å². The minimum absolute atomic E-state index is 0.0133. The maximum atomic E-state index is 5.59. The molecule has 0 bridgehead atoms. The summed E-state index contributed by atoms with van der Waals surface area (Å²) in [6, 6.07) is 1.39. The molecular weight excluding hydrogens is 154 g/mol. The molecule has 0 aromatic heterocycles. The molecule has 0 spiro atoms. The fourth-order valence-corrected chi connectivity index (χ4v) is 2.59. The highest BCUT2D eigenvalue weighted by atomic mass is 28.2. The van der Waals surface area contributed by atoms with Crippen LogP contribution in [0.3, 0.4) is 0 Å². The highest BCUT2D eigenvalue weighted by Crippen LogP contribution is 1.88. The van der Waals surface area contributed by atoms with Crippen LogP contribution in [-0.2, 0) is 0 Å². The third-order valence-electron chi connectivity index (χ3n) is 1.77. The van der Waals surface area contributed by atoms with Crippen molar-refractivity contribution in [2.24, 2.45) is 11.5 Å². The Bertz CT molecular complexity index is 72.1. The average molecular weight is 175 g/mol. The quantitative estimate of drug-likeness (QED) is 0.427. The zero-order chi connectivity index (χ0) is 8.53. The highest BCUT2D eigenvalue weighted by molar-refractivity contribution is 6.37. The minimum atomic E-state index is 0.0133. The molecule has 11 heavy (non-hydrogen) atoms. The number of nitrogens with two attached hydrogens (primary N) is 2. The summed E-state index contributed by atoms with van der Waals surface area (Å²) in [6.07, 6.45) is 1.30. The van der Waals surface area contributed by atoms with Gasteiger partial charge in [-0.3, -0.25) is 0 Å². The molecule has 68 valence electrons. The number of hydrogen-bond acceptors (Lipinski definition) is 3. The SMILES string of the molecule is CCC[SiH2]C(CN)NCCN. The molecule has 0 aliphatic rings. The minimum Gasteiger partial charge on any atom is -0.329 e. The normalized spacial score (nSPS) is 14.5. The van der Waals surface area contributed by atoms with E-state index in [2.05, 4.69) is 12.2 Å². The first-order valence-corrected chi connectivity index (χ1v) is 6.30. The molecule has 1 atom stereocenters. The molecule has 0 aromatic rings. The third kappa shape index (κ3) is 6.49. The summed E-state index contributed by atoms with van der Waals surface area (Å²) in [4.78, 5) is 0. The average Bonchev–Trinajstić information content (AvgIpc) is 2.05. The second-order valence-electron chi connectivity index (χ2n) is 2.82. The van der Waals surface area contributed by atoms with E-state index in [-0.39, 0.29) is 9.52 Å². The third-order valence-corrected chi connectivity index (χ3v) is 4.20. The molecule has 0 fully saturated rings. The Labute approximate surface area is 71.7 Å². The topological polar surface area (TPSA) is 64.1 Å². The Morgan fingerprint density at radius 2 is 2.18 bits per heavy atom. The second kappa shape index (κ2) is 8.20. The first-order chi connectivity index (χ1) is 5.35. The van der Waals surface area contributed by atoms with E-state index >= 15 is 0 Å². The predicted octanol–water partition coefficient (Wildman–Crippen LogP) is -1.18. The van der Waals surface area contributed by atoms with Crippen molar-refractivity contribution in [3.8, 4) is 0 Å². The molecule has 0 rings (SSSR count). The van der Waals surface area contributed by atoms with E-state index in [4.69, 9.17) is 11.5 Å². The summed E-state index contributed by atoms with van der Waals surface area (Å²) in [7, 11) is 0.0133. The van der Waals surface area contributed by atoms with Crippen molar-refractivity contribution < 1.29 is 0 Å². The van der Waals surface area contributed by atoms with E-state index < -0.39 is 0 Å². The van der Waals surface area contributed by atoms with E-state index in [9.17, 15) is 0 Å². The lowest BCUT2D eigenvalue weighted by atomic mass is 10.5. The second-order valence-corrected chi connectivity index (χ2v) is 5.09. The van der Waals surface area contributed by atoms with Crippen molar-refractivity contribution in [2.75, 3.05) is 19.6 Å². The van der Waals surface area contributed by atoms with E-state index in [0.717, 1.165) is 19.6 Å². The zero-order valence-electron chi connectivity index (χ0n) is 7.47. The molecule has 5 N–H and O–H groups in total. The van der Waals surface area contributed by atoms with Gasteiger partial charge in [-0.05, 0) is 0 Å². The van der Waals surface area contributed by atoms with Crippen molar-refractivity contribution in [2.45, 2.75) is 25.1 Å². The van der Waals surface area contributed by atoms with Gasteiger partial charge in [0.25, 0.3) is 0 Å². The molecular formula is C7H21N3Si. The Kier molecular flexibility index (Phi) is 8.27. The van der Waals surface area contributed by atoms with Gasteiger partial charge in [-0.2, -0.15) is 0 Å². The molecule has 3 nitrogen and oxygen atoms in total. The van der Waals surface area contributed by atoms with Crippen LogP contribution in [-0.4, -0.2) is 34.8 Å². The molecule has 1 unspecified atom stereocenters. The van der Waals surface area contributed by atoms with Crippen molar-refractivity contribution in [1.82, 2.24) is 5.32 Å². The monoisotopic (exact) mass is 175 g/mol. The molecule has 0 radical (unpaired) electrons. The van der Waals surface area contributed by atoms with Crippen LogP contribution in [0, 0.1) is 0 Å². The van der Waals surface area contributed by atoms with Crippen LogP contribution in [0.2, 0.25) is 6.04 Å². The largest absolute Gasteiger partial charge is 0.329 e. The van der Waals surface area contributed by atoms with Gasteiger partial charge in [0.05, 0.1) is 0 Å². The fraction of sp³-hybridized carbons (Fsp3) is 1.00. The lowest BCUT2D eigenvalue weighted by Gasteiger charge is -2.14. The molecule has 0 heterocycles. The molecule has 0 saturated heterocycles. The first-order valence-electron chi connectivity index (χ1n) is 4.48. The summed E-state index contributed by atoms with van der Waals surface area (Å²) in [5.41, 5.74) is 11.6. The Morgan fingerprint density at radius 3 is 2.64 bits per heavy atom. The number of hydrogen-bond donors (Lipinski definition) is 3. The lowest BCUT2D eigenvalue weighted by molar-refractivity contribution is 0.642. The van der Waals surface area contributed by atoms with E-state index in [1.165, 1.54) is 12.5 Å². The van der Waals surface area contributed by atoms with Crippen LogP contribution in [0.15, 0.2) is 0 Å². The molecule has 0 aromatic carbocycles. The van der Waals surface area contributed by atoms with Crippen LogP contribution in [0.5, 0.6) is 0 Å². The van der Waals surface area contributed by atoms with Crippen molar-refractivity contribution in [3.05, 3.63) is 0 Å². The summed E-state index contributed by atoms with van der Waals surface area (Å²) in [5, 5.41) is 3.37. The smallest absolute Gasteiger partial charge is 0.0421 e. The maximum absolute atomic E-state index is 5.59. The lowest BCUT2D eigenvalue weighted by Crippen LogP contribution is -2.43. The Balaban J connectivity index is 3.25. The molecule has 0 aliphatic carbocycles. The fourth-order valence-electron chi connectivity index (χ4n) is 1.04. The van der Waals surface area contributed by atoms with Gasteiger partial charge < -0.3 is 16.8 Å². The summed E-state index contributed by atoms with van der Waals surface area (Å²) in [6.45, 7) is 4.64. The molecule has 0 saturated carbocycles. The van der Waals surface area contributed by atoms with Crippen molar-refractivity contribution >= 4 is 9.52 Å². The van der Waals surface area contributed by atoms with E-state index in [1.807, 2.05) is 0 Å². The van der Waals surface area contributed by atoms with Crippen LogP contribution in [0.4, 0.5) is 0 Å². The standard InChI is InChI=1S/C7H21N3Si/c1-2-5-11-7(6-9)10-4-3-8/h7,10H,2-6,8-9,11H2,1H3. The summed E-state index contributed by atoms with van der Waals surface area (Å²) >= 11 is 0. The first kappa shape index (κ1) is 11.1. The van der Waals surface area contributed by atoms with Gasteiger partial charge in [0, 0.05) is 34.8 Å². The van der Waals surface area contributed by atoms with Gasteiger partial charge in [-0.1, -0.05) is 19.4 Å². The van der Waals surface area contributed by atoms with Crippen LogP contribution in [0.25, 0.3) is 0 Å². The summed E-state index contributed by atoms with van der Waals surface area (Å²) < 4.78 is 0. The van der Waals surface area contributed by atoms with Crippen molar-refractivity contribution in [1.29, 1.82) is 0 Å². The van der Waals surface area contributed by atoms with Crippen molar-refractivity contribution in [3.63, 3.8) is 0 Å². The Hall–Kier alpha value is 0.0969. The van der Waals surface area contributed by atoms with E-state index in [0.29, 0.717) is 5.67 Å². The predicted molar refractivity (Wildman–Crippen MR) is 53.5 cm³/mol. The van der Waals surface area contributed by atoms with E-state index in [1.54, 1.807) is 0 Å². The number of nitrogens with one attached hydrogen (secondary N) is 1. The Morgan fingerprint density at radius 1 is 1.45 bits per heavy atom. The van der Waals surface area contributed by atoms with Gasteiger partial charge in [0.1, 0.15) is 0 Å². The zero-order valence-corrected chi connectivity index (χ0v) is 8.89. The number of rotatable bonds is 7. The highest BCUT2D eigenvalue weighted by Gasteiger charge is 2.03. The van der Waals surface area contributed by atoms with Gasteiger partial charge in [-0.15, -0.1) is 0 Å². The van der Waals surface area contributed by atoms with Crippen LogP contribution in [0.1, 0.15) is 13.3 Å². The molecule has 0 amide bonds. The summed E-state index contributed by atoms with van der Waals surface area (Å²) in [5.74, 6) is 0. The van der Waals surface area contributed by atoms with Gasteiger partial charge in [0.15, 0.2) is 0 Å². The molecule has 0 aliphatic heterocycles. The van der Waals surface area contributed by atoms with Gasteiger partial charge >= 0.3 is 0 Å². The molecule has 4 heteroatoms. The van der Waals surface area contributed by atoms with Gasteiger partial charge in [0.2, 0.25) is 0 Å². The van der Waals surface area contributed by atoms with Crippen LogP contribution >= 0.6 is 0 Å². The van der Waals surface area contributed by atoms with Gasteiger partial charge in [-0.25, -0.2) is 0 Å².